The van der Waals surface area contributed by atoms with Crippen LogP contribution in [-0.2, 0) is 17.8 Å². The molecule has 110 valence electrons. The second-order valence-corrected chi connectivity index (χ2v) is 4.54. The first-order chi connectivity index (χ1) is 10.2. The number of methoxy groups -OCH3 is 1. The van der Waals surface area contributed by atoms with Crippen LogP contribution < -0.4 is 10.1 Å². The van der Waals surface area contributed by atoms with Gasteiger partial charge in [-0.15, -0.1) is 0 Å². The second-order valence-electron chi connectivity index (χ2n) is 4.54. The van der Waals surface area contributed by atoms with E-state index in [4.69, 9.17) is 4.74 Å². The first-order valence-corrected chi connectivity index (χ1v) is 6.54. The van der Waals surface area contributed by atoms with Gasteiger partial charge in [-0.25, -0.2) is 9.97 Å². The Hall–Kier alpha value is -2.47. The Labute approximate surface area is 122 Å². The normalized spacial score (nSPS) is 11.9. The van der Waals surface area contributed by atoms with Crippen LogP contribution in [0, 0.1) is 0 Å². The van der Waals surface area contributed by atoms with Gasteiger partial charge in [-0.2, -0.15) is 0 Å². The quantitative estimate of drug-likeness (QED) is 0.798. The number of nitrogens with zero attached hydrogens (tertiary/aromatic N) is 2. The van der Waals surface area contributed by atoms with E-state index in [0.717, 1.165) is 11.1 Å². The number of aromatic nitrogens is 2. The lowest BCUT2D eigenvalue weighted by molar-refractivity contribution is -0.139. The fraction of sp³-hybridized carbons (Fsp3) is 0.267. The summed E-state index contributed by atoms with van der Waals surface area (Å²) >= 11 is 0. The van der Waals surface area contributed by atoms with Gasteiger partial charge in [0.25, 0.3) is 0 Å². The Kier molecular flexibility index (Phi) is 5.22. The maximum Gasteiger partial charge on any atom is 0.321 e. The molecule has 1 heterocycles. The fourth-order valence-corrected chi connectivity index (χ4v) is 1.88. The van der Waals surface area contributed by atoms with E-state index in [1.807, 2.05) is 30.3 Å². The number of benzene rings is 1. The summed E-state index contributed by atoms with van der Waals surface area (Å²) in [4.78, 5) is 19.3. The topological polar surface area (TPSA) is 84.3 Å². The molecule has 1 aromatic carbocycles. The van der Waals surface area contributed by atoms with Gasteiger partial charge in [0, 0.05) is 24.5 Å². The highest BCUT2D eigenvalue weighted by Gasteiger charge is 2.17. The van der Waals surface area contributed by atoms with Crippen molar-refractivity contribution < 1.29 is 14.6 Å². The van der Waals surface area contributed by atoms with Crippen molar-refractivity contribution in [1.82, 2.24) is 15.3 Å². The molecule has 0 saturated carbocycles. The molecule has 0 aliphatic rings. The summed E-state index contributed by atoms with van der Waals surface area (Å²) in [6.07, 6.45) is 3.65. The van der Waals surface area contributed by atoms with Gasteiger partial charge >= 0.3 is 12.0 Å². The van der Waals surface area contributed by atoms with Gasteiger partial charge in [-0.1, -0.05) is 30.3 Å². The van der Waals surface area contributed by atoms with E-state index in [-0.39, 0.29) is 6.01 Å². The lowest BCUT2D eigenvalue weighted by Crippen LogP contribution is -2.38. The molecular weight excluding hydrogens is 270 g/mol. The minimum Gasteiger partial charge on any atom is -0.480 e. The SMILES string of the molecule is COc1ncc(CN[C@H](Cc2ccccc2)C(=O)O)cn1. The first-order valence-electron chi connectivity index (χ1n) is 6.54. The number of carbonyl (C=O) groups is 1. The molecule has 0 spiro atoms. The summed E-state index contributed by atoms with van der Waals surface area (Å²) in [7, 11) is 1.49. The van der Waals surface area contributed by atoms with E-state index >= 15 is 0 Å². The maximum atomic E-state index is 11.3. The van der Waals surface area contributed by atoms with Crippen molar-refractivity contribution >= 4 is 5.97 Å². The number of aliphatic carboxylic acids is 1. The van der Waals surface area contributed by atoms with Crippen molar-refractivity contribution in [1.29, 1.82) is 0 Å². The van der Waals surface area contributed by atoms with E-state index in [1.54, 1.807) is 12.4 Å². The van der Waals surface area contributed by atoms with Crippen LogP contribution in [0.25, 0.3) is 0 Å². The first kappa shape index (κ1) is 14.9. The Balaban J connectivity index is 1.95. The molecule has 6 nitrogen and oxygen atoms in total. The lowest BCUT2D eigenvalue weighted by Gasteiger charge is -2.14. The van der Waals surface area contributed by atoms with Crippen LogP contribution in [0.2, 0.25) is 0 Å². The van der Waals surface area contributed by atoms with Gasteiger partial charge in [-0.3, -0.25) is 10.1 Å². The van der Waals surface area contributed by atoms with Crippen LogP contribution in [0.5, 0.6) is 6.01 Å². The van der Waals surface area contributed by atoms with Crippen molar-refractivity contribution in [2.75, 3.05) is 7.11 Å². The van der Waals surface area contributed by atoms with Crippen molar-refractivity contribution in [3.8, 4) is 6.01 Å². The molecular formula is C15H17N3O3. The van der Waals surface area contributed by atoms with Crippen LogP contribution in [0.15, 0.2) is 42.7 Å². The van der Waals surface area contributed by atoms with Crippen LogP contribution in [0.3, 0.4) is 0 Å². The molecule has 0 saturated heterocycles. The largest absolute Gasteiger partial charge is 0.480 e. The van der Waals surface area contributed by atoms with Gasteiger partial charge in [-0.05, 0) is 12.0 Å². The average Bonchev–Trinajstić information content (AvgIpc) is 2.52. The number of carboxylic acid groups (broad SMARTS) is 1. The number of hydrogen-bond acceptors (Lipinski definition) is 5. The summed E-state index contributed by atoms with van der Waals surface area (Å²) in [6, 6.07) is 9.15. The standard InChI is InChI=1S/C15H17N3O3/c1-21-15-17-9-12(10-18-15)8-16-13(14(19)20)7-11-5-3-2-4-6-11/h2-6,9-10,13,16H,7-8H2,1H3,(H,19,20)/t13-/m1/s1. The highest BCUT2D eigenvalue weighted by Crippen LogP contribution is 2.06. The van der Waals surface area contributed by atoms with E-state index in [1.165, 1.54) is 7.11 Å². The maximum absolute atomic E-state index is 11.3. The third-order valence-electron chi connectivity index (χ3n) is 3.00. The molecule has 6 heteroatoms. The summed E-state index contributed by atoms with van der Waals surface area (Å²) < 4.78 is 4.88. The third kappa shape index (κ3) is 4.54. The monoisotopic (exact) mass is 287 g/mol. The van der Waals surface area contributed by atoms with E-state index < -0.39 is 12.0 Å². The minimum absolute atomic E-state index is 0.290. The molecule has 0 aliphatic carbocycles. The Morgan fingerprint density at radius 2 is 1.90 bits per heavy atom. The molecule has 0 amide bonds. The smallest absolute Gasteiger partial charge is 0.321 e. The van der Waals surface area contributed by atoms with Crippen LogP contribution in [0.4, 0.5) is 0 Å². The van der Waals surface area contributed by atoms with Crippen LogP contribution in [-0.4, -0.2) is 34.2 Å². The number of rotatable bonds is 7. The zero-order valence-corrected chi connectivity index (χ0v) is 11.7. The van der Waals surface area contributed by atoms with Crippen molar-refractivity contribution in [2.24, 2.45) is 0 Å². The molecule has 21 heavy (non-hydrogen) atoms. The van der Waals surface area contributed by atoms with E-state index in [2.05, 4.69) is 15.3 Å². The van der Waals surface area contributed by atoms with Crippen molar-refractivity contribution in [2.45, 2.75) is 19.0 Å². The van der Waals surface area contributed by atoms with Gasteiger partial charge in [0.15, 0.2) is 0 Å². The molecule has 2 N–H and O–H groups in total. The lowest BCUT2D eigenvalue weighted by atomic mass is 10.1. The molecule has 1 aromatic heterocycles. The highest BCUT2D eigenvalue weighted by atomic mass is 16.5. The second kappa shape index (κ2) is 7.35. The van der Waals surface area contributed by atoms with Gasteiger partial charge in [0.1, 0.15) is 6.04 Å². The number of nitrogens with one attached hydrogen (secondary N) is 1. The summed E-state index contributed by atoms with van der Waals surface area (Å²) in [5.41, 5.74) is 1.78. The summed E-state index contributed by atoms with van der Waals surface area (Å²) in [5, 5.41) is 12.3. The zero-order chi connectivity index (χ0) is 15.1. The molecule has 1 atom stereocenters. The third-order valence-corrected chi connectivity index (χ3v) is 3.00. The molecule has 2 rings (SSSR count). The predicted octanol–water partition coefficient (Wildman–Crippen LogP) is 1.27. The molecule has 0 bridgehead atoms. The summed E-state index contributed by atoms with van der Waals surface area (Å²) in [6.45, 7) is 0.383. The van der Waals surface area contributed by atoms with Gasteiger partial charge < -0.3 is 9.84 Å². The van der Waals surface area contributed by atoms with Crippen molar-refractivity contribution in [3.05, 3.63) is 53.9 Å². The predicted molar refractivity (Wildman–Crippen MR) is 77.0 cm³/mol. The van der Waals surface area contributed by atoms with Crippen molar-refractivity contribution in [3.63, 3.8) is 0 Å². The number of ether oxygens (including phenoxy) is 1. The van der Waals surface area contributed by atoms with Crippen LogP contribution >= 0.6 is 0 Å². The highest BCUT2D eigenvalue weighted by molar-refractivity contribution is 5.73. The number of carboxylic acids is 1. The number of hydrogen-bond donors (Lipinski definition) is 2. The molecule has 0 fully saturated rings. The molecule has 2 aromatic rings. The summed E-state index contributed by atoms with van der Waals surface area (Å²) in [5.74, 6) is -0.881. The Morgan fingerprint density at radius 1 is 1.24 bits per heavy atom. The molecule has 0 unspecified atom stereocenters. The zero-order valence-electron chi connectivity index (χ0n) is 11.7. The van der Waals surface area contributed by atoms with Gasteiger partial charge in [0.05, 0.1) is 7.11 Å². The Bertz CT molecular complexity index is 572. The van der Waals surface area contributed by atoms with Gasteiger partial charge in [0.2, 0.25) is 0 Å². The van der Waals surface area contributed by atoms with E-state index in [9.17, 15) is 9.90 Å². The average molecular weight is 287 g/mol. The molecule has 0 aliphatic heterocycles. The minimum atomic E-state index is -0.881. The molecule has 0 radical (unpaired) electrons. The fourth-order valence-electron chi connectivity index (χ4n) is 1.88. The van der Waals surface area contributed by atoms with Crippen LogP contribution in [0.1, 0.15) is 11.1 Å². The van der Waals surface area contributed by atoms with E-state index in [0.29, 0.717) is 13.0 Å². The Morgan fingerprint density at radius 3 is 2.48 bits per heavy atom.